The Hall–Kier alpha value is -5.53. The van der Waals surface area contributed by atoms with Gasteiger partial charge in [-0.1, -0.05) is 78.9 Å². The van der Waals surface area contributed by atoms with Gasteiger partial charge in [0.25, 0.3) is 0 Å². The third-order valence-electron chi connectivity index (χ3n) is 9.00. The van der Waals surface area contributed by atoms with Gasteiger partial charge in [-0.2, -0.15) is 0 Å². The van der Waals surface area contributed by atoms with Crippen molar-refractivity contribution in [3.05, 3.63) is 143 Å². The van der Waals surface area contributed by atoms with Crippen molar-refractivity contribution in [1.29, 1.82) is 0 Å². The van der Waals surface area contributed by atoms with E-state index in [1.54, 1.807) is 42.6 Å². The summed E-state index contributed by atoms with van der Waals surface area (Å²) in [6, 6.07) is 33.7. The van der Waals surface area contributed by atoms with Gasteiger partial charge in [0.15, 0.2) is 6.29 Å². The zero-order chi connectivity index (χ0) is 37.9. The Morgan fingerprint density at radius 1 is 0.815 bits per heavy atom. The van der Waals surface area contributed by atoms with Gasteiger partial charge in [0, 0.05) is 43.3 Å². The normalized spacial score (nSPS) is 16.7. The maximum absolute atomic E-state index is 12.5. The van der Waals surface area contributed by atoms with Gasteiger partial charge in [-0.05, 0) is 64.6 Å². The number of carbonyl (C=O) groups is 3. The number of nitrogens with zero attached hydrogens (tertiary/aromatic N) is 1. The van der Waals surface area contributed by atoms with Gasteiger partial charge in [-0.3, -0.25) is 9.59 Å². The smallest absolute Gasteiger partial charge is 0.338 e. The SMILES string of the molecule is Nc1ccccc1NC(=O)CCCC(=O)NCc1cccc(-c2ccc([C@@H]3O[C@H](CSc4ncccc4C(=O)O)C[C@H](c4ccc(CO)cc4)O3)cc2)c1. The number of amides is 2. The first kappa shape index (κ1) is 38.2. The molecule has 1 aliphatic heterocycles. The van der Waals surface area contributed by atoms with Crippen LogP contribution in [0.2, 0.25) is 0 Å². The summed E-state index contributed by atoms with van der Waals surface area (Å²) in [5.74, 6) is -0.878. The van der Waals surface area contributed by atoms with Crippen LogP contribution in [-0.4, -0.2) is 44.8 Å². The van der Waals surface area contributed by atoms with Crippen LogP contribution < -0.4 is 16.4 Å². The van der Waals surface area contributed by atoms with E-state index in [-0.39, 0.29) is 49.0 Å². The van der Waals surface area contributed by atoms with E-state index >= 15 is 0 Å². The molecule has 0 saturated carbocycles. The van der Waals surface area contributed by atoms with Gasteiger partial charge in [0.05, 0.1) is 35.8 Å². The molecule has 12 heteroatoms. The van der Waals surface area contributed by atoms with E-state index in [0.717, 1.165) is 33.4 Å². The largest absolute Gasteiger partial charge is 0.478 e. The van der Waals surface area contributed by atoms with Crippen LogP contribution in [0, 0.1) is 0 Å². The molecular weight excluding hydrogens is 705 g/mol. The second-order valence-corrected chi connectivity index (χ2v) is 13.9. The molecule has 278 valence electrons. The number of ether oxygens (including phenoxy) is 2. The van der Waals surface area contributed by atoms with E-state index in [2.05, 4.69) is 15.6 Å². The second-order valence-electron chi connectivity index (χ2n) is 12.9. The van der Waals surface area contributed by atoms with Gasteiger partial charge in [0.2, 0.25) is 11.8 Å². The molecule has 1 saturated heterocycles. The van der Waals surface area contributed by atoms with E-state index in [0.29, 0.717) is 41.5 Å². The number of aromatic carboxylic acids is 1. The van der Waals surface area contributed by atoms with Crippen molar-refractivity contribution in [3.8, 4) is 11.1 Å². The summed E-state index contributed by atoms with van der Waals surface area (Å²) in [7, 11) is 0. The molecule has 0 bridgehead atoms. The Bertz CT molecular complexity index is 2060. The quantitative estimate of drug-likeness (QED) is 0.0541. The summed E-state index contributed by atoms with van der Waals surface area (Å²) in [6.07, 6.45) is 1.76. The van der Waals surface area contributed by atoms with E-state index in [9.17, 15) is 24.6 Å². The molecule has 6 N–H and O–H groups in total. The summed E-state index contributed by atoms with van der Waals surface area (Å²) in [5, 5.41) is 25.3. The fourth-order valence-electron chi connectivity index (χ4n) is 6.08. The van der Waals surface area contributed by atoms with Gasteiger partial charge in [0.1, 0.15) is 5.03 Å². The minimum absolute atomic E-state index is 0.0509. The van der Waals surface area contributed by atoms with Crippen LogP contribution in [0.25, 0.3) is 11.1 Å². The van der Waals surface area contributed by atoms with Crippen molar-refractivity contribution in [2.45, 2.75) is 62.4 Å². The topological polar surface area (TPSA) is 173 Å². The molecule has 1 aliphatic rings. The summed E-state index contributed by atoms with van der Waals surface area (Å²) < 4.78 is 13.0. The number of para-hydroxylation sites is 2. The molecule has 1 aromatic heterocycles. The van der Waals surface area contributed by atoms with Crippen molar-refractivity contribution >= 4 is 40.9 Å². The zero-order valence-electron chi connectivity index (χ0n) is 29.5. The molecule has 0 aliphatic carbocycles. The number of aliphatic hydroxyl groups is 1. The van der Waals surface area contributed by atoms with Crippen molar-refractivity contribution in [3.63, 3.8) is 0 Å². The highest BCUT2D eigenvalue weighted by Gasteiger charge is 2.32. The van der Waals surface area contributed by atoms with Crippen LogP contribution in [0.3, 0.4) is 0 Å². The average molecular weight is 747 g/mol. The minimum atomic E-state index is -1.03. The van der Waals surface area contributed by atoms with Crippen LogP contribution in [0.4, 0.5) is 11.4 Å². The van der Waals surface area contributed by atoms with Gasteiger partial charge in [-0.15, -0.1) is 11.8 Å². The maximum atomic E-state index is 12.5. The number of thioether (sulfide) groups is 1. The summed E-state index contributed by atoms with van der Waals surface area (Å²) in [5.41, 5.74) is 12.6. The molecule has 6 rings (SSSR count). The van der Waals surface area contributed by atoms with Crippen molar-refractivity contribution < 1.29 is 34.1 Å². The number of nitrogens with one attached hydrogen (secondary N) is 2. The molecular formula is C42H42N4O7S. The number of nitrogen functional groups attached to an aromatic ring is 1. The lowest BCUT2D eigenvalue weighted by Crippen LogP contribution is -2.31. The molecule has 0 unspecified atom stereocenters. The highest BCUT2D eigenvalue weighted by atomic mass is 32.2. The molecule has 54 heavy (non-hydrogen) atoms. The van der Waals surface area contributed by atoms with E-state index in [1.807, 2.05) is 72.8 Å². The van der Waals surface area contributed by atoms with E-state index < -0.39 is 12.3 Å². The number of nitrogens with two attached hydrogens (primary N) is 1. The molecule has 5 aromatic rings. The fraction of sp³-hybridized carbons (Fsp3) is 0.238. The lowest BCUT2D eigenvalue weighted by molar-refractivity contribution is -0.245. The standard InChI is InChI=1S/C42H42N4O7S/c43-35-9-1-2-10-36(35)46-39(49)12-4-11-38(48)45-24-28-6-3-7-32(22-28)29-17-19-31(20-18-29)42-52-33(26-54-40-34(41(50)51)8-5-21-44-40)23-37(53-42)30-15-13-27(25-47)14-16-30/h1-3,5-10,13-22,33,37,42,47H,4,11-12,23-26,43H2,(H,45,48)(H,46,49)(H,50,51)/t33-,37+,42+/m0/s1. The first-order valence-corrected chi connectivity index (χ1v) is 18.7. The van der Waals surface area contributed by atoms with Crippen LogP contribution in [0.1, 0.15) is 70.7 Å². The highest BCUT2D eigenvalue weighted by molar-refractivity contribution is 7.99. The lowest BCUT2D eigenvalue weighted by atomic mass is 9.99. The number of benzene rings is 4. The summed E-state index contributed by atoms with van der Waals surface area (Å²) in [6.45, 7) is 0.304. The van der Waals surface area contributed by atoms with Crippen molar-refractivity contribution in [2.24, 2.45) is 0 Å². The number of carboxylic acid groups (broad SMARTS) is 1. The molecule has 4 aromatic carbocycles. The molecule has 11 nitrogen and oxygen atoms in total. The monoisotopic (exact) mass is 746 g/mol. The first-order valence-electron chi connectivity index (χ1n) is 17.7. The number of aliphatic hydroxyl groups excluding tert-OH is 1. The van der Waals surface area contributed by atoms with Crippen molar-refractivity contribution in [1.82, 2.24) is 10.3 Å². The van der Waals surface area contributed by atoms with E-state index in [1.165, 1.54) is 11.8 Å². The molecule has 2 amide bonds. The lowest BCUT2D eigenvalue weighted by Gasteiger charge is -2.36. The Kier molecular flexibility index (Phi) is 13.1. The summed E-state index contributed by atoms with van der Waals surface area (Å²) in [4.78, 5) is 40.9. The molecule has 3 atom stereocenters. The Morgan fingerprint density at radius 3 is 2.33 bits per heavy atom. The number of pyridine rings is 1. The van der Waals surface area contributed by atoms with Crippen LogP contribution >= 0.6 is 11.8 Å². The zero-order valence-corrected chi connectivity index (χ0v) is 30.3. The number of carbonyl (C=O) groups excluding carboxylic acids is 2. The maximum Gasteiger partial charge on any atom is 0.338 e. The third kappa shape index (κ3) is 10.3. The Morgan fingerprint density at radius 2 is 1.57 bits per heavy atom. The molecule has 1 fully saturated rings. The van der Waals surface area contributed by atoms with Gasteiger partial charge in [-0.25, -0.2) is 9.78 Å². The predicted molar refractivity (Wildman–Crippen MR) is 207 cm³/mol. The molecule has 2 heterocycles. The van der Waals surface area contributed by atoms with Crippen LogP contribution in [-0.2, 0) is 32.2 Å². The number of carboxylic acids is 1. The Balaban J connectivity index is 1.06. The van der Waals surface area contributed by atoms with Crippen LogP contribution in [0.5, 0.6) is 0 Å². The number of anilines is 2. The summed E-state index contributed by atoms with van der Waals surface area (Å²) >= 11 is 1.34. The highest BCUT2D eigenvalue weighted by Crippen LogP contribution is 2.40. The number of hydrogen-bond donors (Lipinski definition) is 5. The third-order valence-corrected chi connectivity index (χ3v) is 10.1. The minimum Gasteiger partial charge on any atom is -0.478 e. The molecule has 0 spiro atoms. The second kappa shape index (κ2) is 18.5. The number of hydrogen-bond acceptors (Lipinski definition) is 9. The van der Waals surface area contributed by atoms with Gasteiger partial charge < -0.3 is 36.1 Å². The average Bonchev–Trinajstić information content (AvgIpc) is 3.20. The van der Waals surface area contributed by atoms with Gasteiger partial charge >= 0.3 is 5.97 Å². The van der Waals surface area contributed by atoms with Crippen molar-refractivity contribution in [2.75, 3.05) is 16.8 Å². The fourth-order valence-corrected chi connectivity index (χ4v) is 7.08. The number of aromatic nitrogens is 1. The molecule has 0 radical (unpaired) electrons. The van der Waals surface area contributed by atoms with Crippen LogP contribution in [0.15, 0.2) is 120 Å². The van der Waals surface area contributed by atoms with E-state index in [4.69, 9.17) is 15.2 Å². The Labute approximate surface area is 317 Å². The predicted octanol–water partition coefficient (Wildman–Crippen LogP) is 7.28. The number of rotatable bonds is 15. The first-order chi connectivity index (χ1) is 26.2.